The summed E-state index contributed by atoms with van der Waals surface area (Å²) >= 11 is 0. The molecule has 0 spiro atoms. The Morgan fingerprint density at radius 3 is 2.62 bits per heavy atom. The number of benzene rings is 1. The van der Waals surface area contributed by atoms with E-state index in [9.17, 15) is 13.2 Å². The number of nitrogens with two attached hydrogens (primary N) is 1. The van der Waals surface area contributed by atoms with Gasteiger partial charge in [-0.2, -0.15) is 4.31 Å². The van der Waals surface area contributed by atoms with Crippen LogP contribution in [0.15, 0.2) is 29.2 Å². The first kappa shape index (κ1) is 15.8. The zero-order valence-corrected chi connectivity index (χ0v) is 12.8. The molecular weight excluding hydrogens is 292 g/mol. The third-order valence-corrected chi connectivity index (χ3v) is 5.42. The molecule has 21 heavy (non-hydrogen) atoms. The normalized spacial score (nSPS) is 20.1. The topological polar surface area (TPSA) is 89.7 Å². The number of nitrogens with zero attached hydrogens (tertiary/aromatic N) is 1. The van der Waals surface area contributed by atoms with Gasteiger partial charge in [-0.15, -0.1) is 0 Å². The number of rotatable bonds is 4. The summed E-state index contributed by atoms with van der Waals surface area (Å²) in [6.07, 6.45) is 2.05. The Labute approximate surface area is 124 Å². The number of hydrogen-bond acceptors (Lipinski definition) is 5. The van der Waals surface area contributed by atoms with Crippen molar-refractivity contribution in [1.82, 2.24) is 4.31 Å². The van der Waals surface area contributed by atoms with E-state index in [2.05, 4.69) is 0 Å². The van der Waals surface area contributed by atoms with Crippen molar-refractivity contribution in [3.8, 4) is 0 Å². The Balaban J connectivity index is 2.31. The molecule has 0 bridgehead atoms. The van der Waals surface area contributed by atoms with Crippen LogP contribution in [0.1, 0.15) is 26.2 Å². The van der Waals surface area contributed by atoms with Gasteiger partial charge in [-0.3, -0.25) is 4.79 Å². The van der Waals surface area contributed by atoms with E-state index >= 15 is 0 Å². The van der Waals surface area contributed by atoms with Crippen LogP contribution in [0.3, 0.4) is 0 Å². The molecular formula is C14H20N2O4S. The van der Waals surface area contributed by atoms with Gasteiger partial charge in [-0.05, 0) is 50.5 Å². The Hall–Kier alpha value is -1.60. The Kier molecular flexibility index (Phi) is 4.84. The van der Waals surface area contributed by atoms with Crippen LogP contribution in [-0.4, -0.2) is 37.9 Å². The molecule has 0 saturated carbocycles. The van der Waals surface area contributed by atoms with Gasteiger partial charge in [-0.25, -0.2) is 8.42 Å². The zero-order chi connectivity index (χ0) is 15.5. The third kappa shape index (κ3) is 3.36. The molecule has 1 unspecified atom stereocenters. The second-order valence-corrected chi connectivity index (χ2v) is 6.84. The van der Waals surface area contributed by atoms with Gasteiger partial charge in [0.15, 0.2) is 0 Å². The quantitative estimate of drug-likeness (QED) is 0.670. The van der Waals surface area contributed by atoms with Gasteiger partial charge in [0.1, 0.15) is 6.04 Å². The highest BCUT2D eigenvalue weighted by Crippen LogP contribution is 2.26. The molecule has 1 aliphatic heterocycles. The summed E-state index contributed by atoms with van der Waals surface area (Å²) in [5.74, 6) is -0.476. The molecule has 0 radical (unpaired) electrons. The predicted octanol–water partition coefficient (Wildman–Crippen LogP) is 1.38. The maximum Gasteiger partial charge on any atom is 0.324 e. The van der Waals surface area contributed by atoms with E-state index in [0.29, 0.717) is 18.7 Å². The maximum atomic E-state index is 12.7. The molecule has 1 fully saturated rings. The highest BCUT2D eigenvalue weighted by atomic mass is 32.2. The van der Waals surface area contributed by atoms with E-state index < -0.39 is 22.0 Å². The molecule has 0 aromatic heterocycles. The summed E-state index contributed by atoms with van der Waals surface area (Å²) in [5, 5.41) is 0. The van der Waals surface area contributed by atoms with E-state index in [-0.39, 0.29) is 11.5 Å². The SMILES string of the molecule is CCOC(=O)C1CCCCN1S(=O)(=O)c1ccc(N)cc1. The maximum absolute atomic E-state index is 12.7. The average molecular weight is 312 g/mol. The summed E-state index contributed by atoms with van der Waals surface area (Å²) in [6, 6.07) is 5.26. The third-order valence-electron chi connectivity index (χ3n) is 3.50. The first-order valence-electron chi connectivity index (χ1n) is 7.01. The van der Waals surface area contributed by atoms with Crippen LogP contribution in [0.4, 0.5) is 5.69 Å². The Morgan fingerprint density at radius 2 is 2.00 bits per heavy atom. The molecule has 1 aromatic carbocycles. The Morgan fingerprint density at radius 1 is 1.33 bits per heavy atom. The summed E-state index contributed by atoms with van der Waals surface area (Å²) in [4.78, 5) is 12.1. The van der Waals surface area contributed by atoms with E-state index in [0.717, 1.165) is 12.8 Å². The molecule has 7 heteroatoms. The second kappa shape index (κ2) is 6.44. The number of ether oxygens (including phenoxy) is 1. The summed E-state index contributed by atoms with van der Waals surface area (Å²) in [6.45, 7) is 2.28. The van der Waals surface area contributed by atoms with E-state index in [1.807, 2.05) is 0 Å². The molecule has 1 saturated heterocycles. The van der Waals surface area contributed by atoms with Crippen LogP contribution in [0.25, 0.3) is 0 Å². The molecule has 2 N–H and O–H groups in total. The number of nitrogen functional groups attached to an aromatic ring is 1. The lowest BCUT2D eigenvalue weighted by Gasteiger charge is -2.32. The predicted molar refractivity (Wildman–Crippen MR) is 79.0 cm³/mol. The van der Waals surface area contributed by atoms with Gasteiger partial charge in [0.2, 0.25) is 10.0 Å². The molecule has 116 valence electrons. The number of sulfonamides is 1. The molecule has 0 amide bonds. The summed E-state index contributed by atoms with van der Waals surface area (Å²) in [7, 11) is -3.71. The van der Waals surface area contributed by atoms with E-state index in [1.54, 1.807) is 6.92 Å². The molecule has 1 aromatic rings. The zero-order valence-electron chi connectivity index (χ0n) is 12.0. The van der Waals surface area contributed by atoms with Gasteiger partial charge in [0, 0.05) is 12.2 Å². The van der Waals surface area contributed by atoms with Gasteiger partial charge in [0.25, 0.3) is 0 Å². The van der Waals surface area contributed by atoms with Crippen molar-refractivity contribution in [2.24, 2.45) is 0 Å². The van der Waals surface area contributed by atoms with Gasteiger partial charge < -0.3 is 10.5 Å². The average Bonchev–Trinajstić information content (AvgIpc) is 2.48. The number of carbonyl (C=O) groups is 1. The van der Waals surface area contributed by atoms with Crippen molar-refractivity contribution in [3.63, 3.8) is 0 Å². The lowest BCUT2D eigenvalue weighted by molar-refractivity contribution is -0.148. The fourth-order valence-corrected chi connectivity index (χ4v) is 4.09. The van der Waals surface area contributed by atoms with Gasteiger partial charge >= 0.3 is 5.97 Å². The number of hydrogen-bond donors (Lipinski definition) is 1. The first-order chi connectivity index (χ1) is 9.96. The van der Waals surface area contributed by atoms with Crippen LogP contribution in [0, 0.1) is 0 Å². The molecule has 0 aliphatic carbocycles. The number of esters is 1. The van der Waals surface area contributed by atoms with Crippen molar-refractivity contribution in [3.05, 3.63) is 24.3 Å². The summed E-state index contributed by atoms with van der Waals surface area (Å²) in [5.41, 5.74) is 6.08. The van der Waals surface area contributed by atoms with Crippen LogP contribution in [0.2, 0.25) is 0 Å². The highest BCUT2D eigenvalue weighted by molar-refractivity contribution is 7.89. The molecule has 1 heterocycles. The second-order valence-electron chi connectivity index (χ2n) is 4.95. The Bertz CT molecular complexity index is 598. The van der Waals surface area contributed by atoms with Crippen molar-refractivity contribution in [2.75, 3.05) is 18.9 Å². The van der Waals surface area contributed by atoms with Crippen molar-refractivity contribution >= 4 is 21.7 Å². The van der Waals surface area contributed by atoms with Gasteiger partial charge in [-0.1, -0.05) is 0 Å². The fourth-order valence-electron chi connectivity index (χ4n) is 2.44. The number of anilines is 1. The van der Waals surface area contributed by atoms with Crippen LogP contribution in [-0.2, 0) is 19.6 Å². The molecule has 6 nitrogen and oxygen atoms in total. The highest BCUT2D eigenvalue weighted by Gasteiger charge is 2.38. The molecule has 1 atom stereocenters. The lowest BCUT2D eigenvalue weighted by atomic mass is 10.1. The van der Waals surface area contributed by atoms with Crippen molar-refractivity contribution in [2.45, 2.75) is 37.1 Å². The number of carbonyl (C=O) groups excluding carboxylic acids is 1. The molecule has 2 rings (SSSR count). The standard InChI is InChI=1S/C14H20N2O4S/c1-2-20-14(17)13-5-3-4-10-16(13)21(18,19)12-8-6-11(15)7-9-12/h6-9,13H,2-5,10,15H2,1H3. The first-order valence-corrected chi connectivity index (χ1v) is 8.45. The van der Waals surface area contributed by atoms with Crippen LogP contribution >= 0.6 is 0 Å². The smallest absolute Gasteiger partial charge is 0.324 e. The van der Waals surface area contributed by atoms with E-state index in [1.165, 1.54) is 28.6 Å². The van der Waals surface area contributed by atoms with Gasteiger partial charge in [0.05, 0.1) is 11.5 Å². The largest absolute Gasteiger partial charge is 0.465 e. The lowest BCUT2D eigenvalue weighted by Crippen LogP contribution is -2.48. The van der Waals surface area contributed by atoms with E-state index in [4.69, 9.17) is 10.5 Å². The van der Waals surface area contributed by atoms with Crippen LogP contribution < -0.4 is 5.73 Å². The monoisotopic (exact) mass is 312 g/mol. The minimum absolute atomic E-state index is 0.146. The minimum atomic E-state index is -3.71. The number of piperidine rings is 1. The fraction of sp³-hybridized carbons (Fsp3) is 0.500. The van der Waals surface area contributed by atoms with Crippen molar-refractivity contribution < 1.29 is 17.9 Å². The summed E-state index contributed by atoms with van der Waals surface area (Å²) < 4.78 is 31.6. The molecule has 1 aliphatic rings. The minimum Gasteiger partial charge on any atom is -0.465 e. The van der Waals surface area contributed by atoms with Crippen LogP contribution in [0.5, 0.6) is 0 Å². The van der Waals surface area contributed by atoms with Crippen molar-refractivity contribution in [1.29, 1.82) is 0 Å².